The fraction of sp³-hybridized carbons (Fsp3) is 0.421. The van der Waals surface area contributed by atoms with E-state index in [-0.39, 0.29) is 5.83 Å². The first-order chi connectivity index (χ1) is 11.6. The van der Waals surface area contributed by atoms with Gasteiger partial charge in [0.25, 0.3) is 0 Å². The third kappa shape index (κ3) is 5.34. The molecule has 1 saturated heterocycles. The number of rotatable bonds is 7. The molecule has 1 aliphatic rings. The van der Waals surface area contributed by atoms with E-state index in [1.54, 1.807) is 17.4 Å². The minimum Gasteiger partial charge on any atom is -0.472 e. The number of halogens is 1. The van der Waals surface area contributed by atoms with Gasteiger partial charge in [0.2, 0.25) is 5.88 Å². The van der Waals surface area contributed by atoms with Crippen molar-refractivity contribution in [1.82, 2.24) is 4.90 Å². The number of ether oxygens (including phenoxy) is 1. The molecule has 0 amide bonds. The van der Waals surface area contributed by atoms with Crippen LogP contribution in [0.2, 0.25) is 0 Å². The summed E-state index contributed by atoms with van der Waals surface area (Å²) >= 11 is 1.63. The van der Waals surface area contributed by atoms with Crippen molar-refractivity contribution in [2.75, 3.05) is 13.1 Å². The number of hydrogen-bond donors (Lipinski definition) is 0. The third-order valence-corrected chi connectivity index (χ3v) is 4.81. The highest BCUT2D eigenvalue weighted by Gasteiger charge is 2.17. The van der Waals surface area contributed by atoms with E-state index in [0.717, 1.165) is 30.8 Å². The van der Waals surface area contributed by atoms with Crippen molar-refractivity contribution >= 4 is 17.6 Å². The molecule has 5 heteroatoms. The number of allylic oxidation sites excluding steroid dienone is 3. The highest BCUT2D eigenvalue weighted by Crippen LogP contribution is 2.22. The summed E-state index contributed by atoms with van der Waals surface area (Å²) in [6.45, 7) is 9.92. The summed E-state index contributed by atoms with van der Waals surface area (Å²) in [4.78, 5) is 7.37. The Morgan fingerprint density at radius 3 is 2.79 bits per heavy atom. The van der Waals surface area contributed by atoms with Crippen molar-refractivity contribution in [2.24, 2.45) is 4.99 Å². The maximum absolute atomic E-state index is 14.5. The number of piperidine rings is 1. The number of thiophene rings is 1. The van der Waals surface area contributed by atoms with E-state index >= 15 is 0 Å². The molecule has 3 nitrogen and oxygen atoms in total. The van der Waals surface area contributed by atoms with E-state index in [1.165, 1.54) is 11.8 Å². The Morgan fingerprint density at radius 2 is 2.21 bits per heavy atom. The fourth-order valence-electron chi connectivity index (χ4n) is 2.57. The fourth-order valence-corrected chi connectivity index (χ4v) is 3.18. The van der Waals surface area contributed by atoms with Gasteiger partial charge in [-0.2, -0.15) is 0 Å². The Bertz CT molecular complexity index is 622. The van der Waals surface area contributed by atoms with Gasteiger partial charge < -0.3 is 9.64 Å². The molecule has 0 atom stereocenters. The molecule has 0 radical (unpaired) electrons. The van der Waals surface area contributed by atoms with Crippen LogP contribution in [0.4, 0.5) is 4.39 Å². The highest BCUT2D eigenvalue weighted by atomic mass is 32.1. The summed E-state index contributed by atoms with van der Waals surface area (Å²) in [5.41, 5.74) is 1.95. The molecule has 1 aliphatic heterocycles. The molecule has 0 N–H and O–H groups in total. The van der Waals surface area contributed by atoms with Gasteiger partial charge in [-0.25, -0.2) is 9.38 Å². The smallest absolute Gasteiger partial charge is 0.209 e. The molecule has 2 rings (SSSR count). The second-order valence-electron chi connectivity index (χ2n) is 5.64. The summed E-state index contributed by atoms with van der Waals surface area (Å²) in [7, 11) is 0. The van der Waals surface area contributed by atoms with Crippen molar-refractivity contribution in [1.29, 1.82) is 0 Å². The lowest BCUT2D eigenvalue weighted by Crippen LogP contribution is -2.30. The first kappa shape index (κ1) is 18.5. The monoisotopic (exact) mass is 348 g/mol. The largest absolute Gasteiger partial charge is 0.472 e. The lowest BCUT2D eigenvalue weighted by atomic mass is 10.0. The standard InChI is InChI=1S/C19H25FN2OS/c1-4-18(22-10-8-15(3)9-11-22)17(20)13-21-19(5-2)23-14-16-7-6-12-24-16/h5-7,12-13H,3-4,8-11,14H2,1-2H3/b18-17-,19-5-,21-13-. The van der Waals surface area contributed by atoms with Crippen molar-refractivity contribution in [2.45, 2.75) is 39.7 Å². The van der Waals surface area contributed by atoms with E-state index < -0.39 is 0 Å². The average molecular weight is 348 g/mol. The first-order valence-corrected chi connectivity index (χ1v) is 9.17. The lowest BCUT2D eigenvalue weighted by Gasteiger charge is -2.31. The highest BCUT2D eigenvalue weighted by molar-refractivity contribution is 7.09. The maximum Gasteiger partial charge on any atom is 0.209 e. The van der Waals surface area contributed by atoms with Crippen LogP contribution in [0.15, 0.2) is 58.1 Å². The van der Waals surface area contributed by atoms with Crippen LogP contribution in [0, 0.1) is 0 Å². The molecular formula is C19H25FN2OS. The molecule has 1 fully saturated rings. The molecule has 0 bridgehead atoms. The zero-order chi connectivity index (χ0) is 17.4. The van der Waals surface area contributed by atoms with Gasteiger partial charge in [0.1, 0.15) is 6.61 Å². The zero-order valence-corrected chi connectivity index (χ0v) is 15.2. The van der Waals surface area contributed by atoms with Crippen LogP contribution in [0.1, 0.15) is 38.0 Å². The topological polar surface area (TPSA) is 24.8 Å². The van der Waals surface area contributed by atoms with Gasteiger partial charge in [-0.1, -0.05) is 25.1 Å². The van der Waals surface area contributed by atoms with E-state index in [2.05, 4.69) is 16.5 Å². The van der Waals surface area contributed by atoms with Gasteiger partial charge in [0.15, 0.2) is 5.83 Å². The number of nitrogens with zero attached hydrogens (tertiary/aromatic N) is 2. The second kappa shape index (κ2) is 9.42. The Balaban J connectivity index is 1.99. The van der Waals surface area contributed by atoms with Crippen molar-refractivity contribution in [3.8, 4) is 0 Å². The minimum absolute atomic E-state index is 0.288. The van der Waals surface area contributed by atoms with Crippen LogP contribution in [0.25, 0.3) is 0 Å². The predicted molar refractivity (Wildman–Crippen MR) is 99.7 cm³/mol. The van der Waals surface area contributed by atoms with Gasteiger partial charge in [-0.15, -0.1) is 11.3 Å². The number of aliphatic imine (C=N–C) groups is 1. The molecule has 0 aromatic carbocycles. The van der Waals surface area contributed by atoms with E-state index in [9.17, 15) is 4.39 Å². The maximum atomic E-state index is 14.5. The molecule has 0 unspecified atom stereocenters. The number of hydrogen-bond acceptors (Lipinski definition) is 4. The normalized spacial score (nSPS) is 17.4. The molecule has 0 saturated carbocycles. The van der Waals surface area contributed by atoms with E-state index in [0.29, 0.717) is 24.6 Å². The Labute approximate surface area is 147 Å². The van der Waals surface area contributed by atoms with Crippen molar-refractivity contribution in [3.05, 3.63) is 58.0 Å². The van der Waals surface area contributed by atoms with Crippen molar-refractivity contribution in [3.63, 3.8) is 0 Å². The quantitative estimate of drug-likeness (QED) is 0.372. The first-order valence-electron chi connectivity index (χ1n) is 8.29. The van der Waals surface area contributed by atoms with Crippen LogP contribution in [-0.2, 0) is 11.3 Å². The molecule has 1 aromatic heterocycles. The molecule has 1 aromatic rings. The Hall–Kier alpha value is -1.88. The number of likely N-dealkylation sites (tertiary alicyclic amines) is 1. The average Bonchev–Trinajstić information content (AvgIpc) is 3.11. The van der Waals surface area contributed by atoms with Crippen LogP contribution >= 0.6 is 11.3 Å². The van der Waals surface area contributed by atoms with Gasteiger partial charge in [-0.3, -0.25) is 0 Å². The minimum atomic E-state index is -0.288. The van der Waals surface area contributed by atoms with Crippen LogP contribution in [-0.4, -0.2) is 24.2 Å². The van der Waals surface area contributed by atoms with Gasteiger partial charge in [-0.05, 0) is 43.7 Å². The Morgan fingerprint density at radius 1 is 1.46 bits per heavy atom. The van der Waals surface area contributed by atoms with E-state index in [1.807, 2.05) is 31.4 Å². The van der Waals surface area contributed by atoms with Crippen molar-refractivity contribution < 1.29 is 9.13 Å². The lowest BCUT2D eigenvalue weighted by molar-refractivity contribution is 0.199. The van der Waals surface area contributed by atoms with Crippen LogP contribution < -0.4 is 0 Å². The van der Waals surface area contributed by atoms with Gasteiger partial charge >= 0.3 is 0 Å². The molecule has 0 aliphatic carbocycles. The summed E-state index contributed by atoms with van der Waals surface area (Å²) in [5, 5.41) is 2.00. The molecule has 24 heavy (non-hydrogen) atoms. The summed E-state index contributed by atoms with van der Waals surface area (Å²) < 4.78 is 20.2. The summed E-state index contributed by atoms with van der Waals surface area (Å²) in [6, 6.07) is 3.98. The predicted octanol–water partition coefficient (Wildman–Crippen LogP) is 5.44. The van der Waals surface area contributed by atoms with Crippen LogP contribution in [0.3, 0.4) is 0 Å². The van der Waals surface area contributed by atoms with Gasteiger partial charge in [0, 0.05) is 18.0 Å². The Kier molecular flexibility index (Phi) is 7.25. The molecular weight excluding hydrogens is 323 g/mol. The summed E-state index contributed by atoms with van der Waals surface area (Å²) in [5.74, 6) is 0.144. The summed E-state index contributed by atoms with van der Waals surface area (Å²) in [6.07, 6.45) is 5.52. The molecule has 130 valence electrons. The SMILES string of the molecule is C=C1CCN(/C(CC)=C(F)/C=N\C(=C\C)OCc2cccs2)CC1. The zero-order valence-electron chi connectivity index (χ0n) is 14.4. The molecule has 2 heterocycles. The van der Waals surface area contributed by atoms with E-state index in [4.69, 9.17) is 4.74 Å². The third-order valence-electron chi connectivity index (χ3n) is 3.96. The van der Waals surface area contributed by atoms with Crippen LogP contribution in [0.5, 0.6) is 0 Å². The van der Waals surface area contributed by atoms with Gasteiger partial charge in [0.05, 0.1) is 11.9 Å². The molecule has 0 spiro atoms. The second-order valence-corrected chi connectivity index (χ2v) is 6.67.